The van der Waals surface area contributed by atoms with Gasteiger partial charge in [0.25, 0.3) is 0 Å². The van der Waals surface area contributed by atoms with Crippen LogP contribution in [0.4, 0.5) is 0 Å². The van der Waals surface area contributed by atoms with Gasteiger partial charge in [0.1, 0.15) is 24.7 Å². The molecule has 2 N–H and O–H groups in total. The molecule has 0 amide bonds. The van der Waals surface area contributed by atoms with Crippen molar-refractivity contribution < 1.29 is 29.3 Å². The van der Waals surface area contributed by atoms with E-state index in [1.807, 2.05) is 0 Å². The number of phenolic OH excluding ortho intramolecular Hbond substituents is 2. The fraction of sp³-hybridized carbons (Fsp3) is 0.100. The van der Waals surface area contributed by atoms with Crippen LogP contribution < -0.4 is 0 Å². The highest BCUT2D eigenvalue weighted by Gasteiger charge is 2.00. The van der Waals surface area contributed by atoms with Gasteiger partial charge in [-0.25, -0.2) is 9.59 Å². The number of hydrogen-bond donors (Lipinski definition) is 2. The third-order valence-corrected chi connectivity index (χ3v) is 3.18. The molecule has 26 heavy (non-hydrogen) atoms. The molecule has 0 atom stereocenters. The van der Waals surface area contributed by atoms with Crippen molar-refractivity contribution >= 4 is 24.1 Å². The van der Waals surface area contributed by atoms with Crippen molar-refractivity contribution in [2.24, 2.45) is 0 Å². The van der Waals surface area contributed by atoms with E-state index in [4.69, 9.17) is 19.7 Å². The Bertz CT molecular complexity index is 719. The molecule has 2 aromatic rings. The average Bonchev–Trinajstić information content (AvgIpc) is 2.64. The van der Waals surface area contributed by atoms with E-state index in [-0.39, 0.29) is 24.7 Å². The number of carbonyl (C=O) groups excluding carboxylic acids is 2. The van der Waals surface area contributed by atoms with Crippen molar-refractivity contribution in [2.75, 3.05) is 13.2 Å². The quantitative estimate of drug-likeness (QED) is 0.451. The molecule has 0 aliphatic heterocycles. The molecule has 0 radical (unpaired) electrons. The molecule has 0 fully saturated rings. The van der Waals surface area contributed by atoms with Gasteiger partial charge in [-0.05, 0) is 47.5 Å². The molecule has 0 aromatic heterocycles. The van der Waals surface area contributed by atoms with E-state index >= 15 is 0 Å². The van der Waals surface area contributed by atoms with E-state index < -0.39 is 11.9 Å². The summed E-state index contributed by atoms with van der Waals surface area (Å²) in [5, 5.41) is 18.3. The number of benzene rings is 2. The molecule has 0 spiro atoms. The van der Waals surface area contributed by atoms with Gasteiger partial charge in [-0.2, -0.15) is 0 Å². The molecule has 0 unspecified atom stereocenters. The molecule has 0 aliphatic carbocycles. The first kappa shape index (κ1) is 18.8. The molecule has 134 valence electrons. The van der Waals surface area contributed by atoms with Gasteiger partial charge in [0.05, 0.1) is 0 Å². The summed E-state index contributed by atoms with van der Waals surface area (Å²) in [6.45, 7) is -0.116. The summed E-state index contributed by atoms with van der Waals surface area (Å²) in [4.78, 5) is 23.1. The van der Waals surface area contributed by atoms with E-state index in [9.17, 15) is 9.59 Å². The van der Waals surface area contributed by atoms with E-state index in [1.54, 1.807) is 36.4 Å². The molecular weight excluding hydrogens is 336 g/mol. The van der Waals surface area contributed by atoms with Gasteiger partial charge in [0, 0.05) is 12.2 Å². The van der Waals surface area contributed by atoms with E-state index in [2.05, 4.69) is 0 Å². The summed E-state index contributed by atoms with van der Waals surface area (Å²) >= 11 is 0. The van der Waals surface area contributed by atoms with Gasteiger partial charge >= 0.3 is 11.9 Å². The van der Waals surface area contributed by atoms with E-state index in [1.165, 1.54) is 36.4 Å². The minimum Gasteiger partial charge on any atom is -0.508 e. The first-order valence-corrected chi connectivity index (χ1v) is 7.81. The van der Waals surface area contributed by atoms with E-state index in [0.29, 0.717) is 0 Å². The first-order valence-electron chi connectivity index (χ1n) is 7.81. The minimum atomic E-state index is -0.561. The maximum atomic E-state index is 11.5. The number of ether oxygens (including phenoxy) is 2. The SMILES string of the molecule is O=C(/C=C/c1ccc(O)cc1)OCCOC(=O)/C=C/c1ccc(O)cc1. The fourth-order valence-corrected chi connectivity index (χ4v) is 1.88. The third kappa shape index (κ3) is 6.92. The summed E-state index contributed by atoms with van der Waals surface area (Å²) in [6.07, 6.45) is 5.60. The summed E-state index contributed by atoms with van der Waals surface area (Å²) in [5.41, 5.74) is 1.48. The van der Waals surface area contributed by atoms with Gasteiger partial charge in [0.15, 0.2) is 0 Å². The lowest BCUT2D eigenvalue weighted by Gasteiger charge is -2.02. The average molecular weight is 354 g/mol. The fourth-order valence-electron chi connectivity index (χ4n) is 1.88. The number of phenols is 2. The van der Waals surface area contributed by atoms with Crippen molar-refractivity contribution in [1.29, 1.82) is 0 Å². The van der Waals surface area contributed by atoms with Crippen LogP contribution in [0.1, 0.15) is 11.1 Å². The van der Waals surface area contributed by atoms with Crippen LogP contribution in [-0.4, -0.2) is 35.4 Å². The molecule has 6 heteroatoms. The van der Waals surface area contributed by atoms with Gasteiger partial charge in [-0.15, -0.1) is 0 Å². The van der Waals surface area contributed by atoms with Crippen LogP contribution in [0.5, 0.6) is 11.5 Å². The molecule has 0 bridgehead atoms. The van der Waals surface area contributed by atoms with E-state index in [0.717, 1.165) is 11.1 Å². The topological polar surface area (TPSA) is 93.1 Å². The molecule has 0 heterocycles. The molecule has 0 saturated carbocycles. The largest absolute Gasteiger partial charge is 0.508 e. The predicted molar refractivity (Wildman–Crippen MR) is 96.2 cm³/mol. The predicted octanol–water partition coefficient (Wildman–Crippen LogP) is 2.91. The number of hydrogen-bond acceptors (Lipinski definition) is 6. The van der Waals surface area contributed by atoms with Gasteiger partial charge < -0.3 is 19.7 Å². The molecule has 6 nitrogen and oxygen atoms in total. The maximum Gasteiger partial charge on any atom is 0.330 e. The van der Waals surface area contributed by atoms with Crippen LogP contribution >= 0.6 is 0 Å². The Hall–Kier alpha value is -3.54. The second-order valence-electron chi connectivity index (χ2n) is 5.18. The van der Waals surface area contributed by atoms with Gasteiger partial charge in [-0.1, -0.05) is 24.3 Å². The Balaban J connectivity index is 1.66. The zero-order valence-corrected chi connectivity index (χ0v) is 13.9. The summed E-state index contributed by atoms with van der Waals surface area (Å²) in [6, 6.07) is 12.7. The molecular formula is C20H18O6. The van der Waals surface area contributed by atoms with Crippen LogP contribution in [0.2, 0.25) is 0 Å². The normalized spacial score (nSPS) is 10.9. The Morgan fingerprint density at radius 1 is 0.692 bits per heavy atom. The molecule has 0 saturated heterocycles. The highest BCUT2D eigenvalue weighted by atomic mass is 16.6. The molecule has 2 aromatic carbocycles. The summed E-state index contributed by atoms with van der Waals surface area (Å²) < 4.78 is 9.82. The number of carbonyl (C=O) groups is 2. The Morgan fingerprint density at radius 2 is 1.04 bits per heavy atom. The van der Waals surface area contributed by atoms with Crippen LogP contribution in [0.15, 0.2) is 60.7 Å². The van der Waals surface area contributed by atoms with Crippen molar-refractivity contribution in [1.82, 2.24) is 0 Å². The number of esters is 2. The summed E-state index contributed by atoms with van der Waals surface area (Å²) in [5.74, 6) is -0.834. The minimum absolute atomic E-state index is 0.0580. The van der Waals surface area contributed by atoms with Crippen LogP contribution in [0.3, 0.4) is 0 Å². The lowest BCUT2D eigenvalue weighted by molar-refractivity contribution is -0.145. The lowest BCUT2D eigenvalue weighted by Crippen LogP contribution is -2.11. The van der Waals surface area contributed by atoms with Crippen LogP contribution in [0, 0.1) is 0 Å². The highest BCUT2D eigenvalue weighted by molar-refractivity contribution is 5.87. The zero-order chi connectivity index (χ0) is 18.8. The van der Waals surface area contributed by atoms with Crippen molar-refractivity contribution in [3.63, 3.8) is 0 Å². The standard InChI is InChI=1S/C20H18O6/c21-17-7-1-15(2-8-17)5-11-19(23)25-13-14-26-20(24)12-6-16-3-9-18(22)10-4-16/h1-12,21-22H,13-14H2/b11-5+,12-6+. The Labute approximate surface area is 150 Å². The Kier molecular flexibility index (Phi) is 7.00. The van der Waals surface area contributed by atoms with Crippen molar-refractivity contribution in [3.8, 4) is 11.5 Å². The monoisotopic (exact) mass is 354 g/mol. The second-order valence-corrected chi connectivity index (χ2v) is 5.18. The lowest BCUT2D eigenvalue weighted by atomic mass is 10.2. The zero-order valence-electron chi connectivity index (χ0n) is 13.9. The Morgan fingerprint density at radius 3 is 1.38 bits per heavy atom. The van der Waals surface area contributed by atoms with Crippen LogP contribution in [-0.2, 0) is 19.1 Å². The van der Waals surface area contributed by atoms with Crippen molar-refractivity contribution in [3.05, 3.63) is 71.8 Å². The highest BCUT2D eigenvalue weighted by Crippen LogP contribution is 2.11. The first-order chi connectivity index (χ1) is 12.5. The molecule has 0 aliphatic rings. The van der Waals surface area contributed by atoms with Crippen LogP contribution in [0.25, 0.3) is 12.2 Å². The maximum absolute atomic E-state index is 11.5. The molecule has 2 rings (SSSR count). The number of aromatic hydroxyl groups is 2. The smallest absolute Gasteiger partial charge is 0.330 e. The second kappa shape index (κ2) is 9.68. The third-order valence-electron chi connectivity index (χ3n) is 3.18. The van der Waals surface area contributed by atoms with Crippen molar-refractivity contribution in [2.45, 2.75) is 0 Å². The van der Waals surface area contributed by atoms with Gasteiger partial charge in [0.2, 0.25) is 0 Å². The number of rotatable bonds is 7. The summed E-state index contributed by atoms with van der Waals surface area (Å²) in [7, 11) is 0. The van der Waals surface area contributed by atoms with Gasteiger partial charge in [-0.3, -0.25) is 0 Å².